The average Bonchev–Trinajstić information content (AvgIpc) is 3.26. The van der Waals surface area contributed by atoms with Crippen molar-refractivity contribution in [2.24, 2.45) is 4.99 Å². The van der Waals surface area contributed by atoms with Crippen molar-refractivity contribution in [1.29, 1.82) is 0 Å². The number of likely N-dealkylation sites (tertiary alicyclic amines) is 1. The minimum Gasteiger partial charge on any atom is -0.497 e. The van der Waals surface area contributed by atoms with Gasteiger partial charge in [-0.1, -0.05) is 24.3 Å². The highest BCUT2D eigenvalue weighted by molar-refractivity contribution is 5.79. The Morgan fingerprint density at radius 3 is 2.36 bits per heavy atom. The number of hydrogen-bond acceptors (Lipinski definition) is 3. The minimum absolute atomic E-state index is 0.223. The Morgan fingerprint density at radius 1 is 1.07 bits per heavy atom. The molecule has 1 aliphatic rings. The van der Waals surface area contributed by atoms with E-state index in [1.807, 2.05) is 12.1 Å². The lowest BCUT2D eigenvalue weighted by Gasteiger charge is -2.29. The molecule has 0 aromatic heterocycles. The van der Waals surface area contributed by atoms with Gasteiger partial charge in [-0.15, -0.1) is 0 Å². The lowest BCUT2D eigenvalue weighted by Crippen LogP contribution is -2.42. The van der Waals surface area contributed by atoms with Crippen molar-refractivity contribution in [1.82, 2.24) is 15.5 Å². The van der Waals surface area contributed by atoms with Gasteiger partial charge in [0.25, 0.3) is 0 Å². The molecule has 0 spiro atoms. The van der Waals surface area contributed by atoms with Crippen LogP contribution in [0.4, 0.5) is 4.39 Å². The van der Waals surface area contributed by atoms with Crippen LogP contribution >= 0.6 is 0 Å². The fourth-order valence-electron chi connectivity index (χ4n) is 3.54. The fourth-order valence-corrected chi connectivity index (χ4v) is 3.54. The van der Waals surface area contributed by atoms with Crippen molar-refractivity contribution >= 4 is 5.96 Å². The number of hydrogen-bond donors (Lipinski definition) is 2. The van der Waals surface area contributed by atoms with Crippen LogP contribution in [-0.4, -0.2) is 44.7 Å². The Balaban J connectivity index is 1.61. The lowest BCUT2D eigenvalue weighted by atomic mass is 10.1. The van der Waals surface area contributed by atoms with E-state index in [9.17, 15) is 4.39 Å². The van der Waals surface area contributed by atoms with Gasteiger partial charge < -0.3 is 15.4 Å². The zero-order valence-electron chi connectivity index (χ0n) is 16.6. The van der Waals surface area contributed by atoms with Gasteiger partial charge in [0.2, 0.25) is 0 Å². The van der Waals surface area contributed by atoms with Crippen LogP contribution in [0.1, 0.15) is 30.0 Å². The molecule has 1 fully saturated rings. The summed E-state index contributed by atoms with van der Waals surface area (Å²) >= 11 is 0. The van der Waals surface area contributed by atoms with E-state index in [-0.39, 0.29) is 11.9 Å². The average molecular weight is 384 g/mol. The molecule has 1 unspecified atom stereocenters. The largest absolute Gasteiger partial charge is 0.497 e. The van der Waals surface area contributed by atoms with Crippen molar-refractivity contribution in [2.45, 2.75) is 25.4 Å². The summed E-state index contributed by atoms with van der Waals surface area (Å²) in [4.78, 5) is 6.84. The molecular weight excluding hydrogens is 355 g/mol. The number of benzene rings is 2. The van der Waals surface area contributed by atoms with Gasteiger partial charge in [-0.3, -0.25) is 9.89 Å². The molecule has 0 saturated carbocycles. The highest BCUT2D eigenvalue weighted by Gasteiger charge is 2.23. The standard InChI is InChI=1S/C22H29FN4O/c1-24-22(25-15-17-5-9-19(23)10-6-17)26-16-21(27-13-3-4-14-27)18-7-11-20(28-2)12-8-18/h5-12,21H,3-4,13-16H2,1-2H3,(H2,24,25,26). The Kier molecular flexibility index (Phi) is 7.25. The maximum Gasteiger partial charge on any atom is 0.191 e. The van der Waals surface area contributed by atoms with Crippen molar-refractivity contribution in [3.8, 4) is 5.75 Å². The molecule has 1 aliphatic heterocycles. The molecule has 0 aliphatic carbocycles. The van der Waals surface area contributed by atoms with Crippen LogP contribution in [0.2, 0.25) is 0 Å². The summed E-state index contributed by atoms with van der Waals surface area (Å²) in [7, 11) is 3.45. The topological polar surface area (TPSA) is 48.9 Å². The summed E-state index contributed by atoms with van der Waals surface area (Å²) in [6.07, 6.45) is 2.48. The fraction of sp³-hybridized carbons (Fsp3) is 0.409. The van der Waals surface area contributed by atoms with Gasteiger partial charge in [-0.05, 0) is 61.3 Å². The monoisotopic (exact) mass is 384 g/mol. The van der Waals surface area contributed by atoms with E-state index in [1.54, 1.807) is 26.3 Å². The SMILES string of the molecule is CN=C(NCc1ccc(F)cc1)NCC(c1ccc(OC)cc1)N1CCCC1. The molecule has 1 saturated heterocycles. The van der Waals surface area contributed by atoms with Gasteiger partial charge in [0, 0.05) is 20.1 Å². The second-order valence-electron chi connectivity index (χ2n) is 6.97. The van der Waals surface area contributed by atoms with Crippen LogP contribution in [0.3, 0.4) is 0 Å². The van der Waals surface area contributed by atoms with Crippen LogP contribution in [0.25, 0.3) is 0 Å². The minimum atomic E-state index is -0.223. The molecule has 6 heteroatoms. The molecule has 2 aromatic carbocycles. The Hall–Kier alpha value is -2.60. The number of ether oxygens (including phenoxy) is 1. The first-order valence-corrected chi connectivity index (χ1v) is 9.76. The van der Waals surface area contributed by atoms with E-state index in [0.29, 0.717) is 6.54 Å². The van der Waals surface area contributed by atoms with Gasteiger partial charge >= 0.3 is 0 Å². The number of methoxy groups -OCH3 is 1. The van der Waals surface area contributed by atoms with Crippen LogP contribution in [0.5, 0.6) is 5.75 Å². The van der Waals surface area contributed by atoms with Crippen molar-refractivity contribution in [3.05, 3.63) is 65.5 Å². The third kappa shape index (κ3) is 5.45. The molecule has 0 radical (unpaired) electrons. The number of nitrogens with zero attached hydrogens (tertiary/aromatic N) is 2. The number of nitrogens with one attached hydrogen (secondary N) is 2. The van der Waals surface area contributed by atoms with Gasteiger partial charge in [-0.25, -0.2) is 4.39 Å². The maximum absolute atomic E-state index is 13.0. The van der Waals surface area contributed by atoms with E-state index in [2.05, 4.69) is 32.7 Å². The van der Waals surface area contributed by atoms with Gasteiger partial charge in [0.15, 0.2) is 5.96 Å². The van der Waals surface area contributed by atoms with E-state index in [4.69, 9.17) is 4.74 Å². The summed E-state index contributed by atoms with van der Waals surface area (Å²) < 4.78 is 18.3. The van der Waals surface area contributed by atoms with Crippen LogP contribution in [0, 0.1) is 5.82 Å². The molecule has 0 amide bonds. The third-order valence-corrected chi connectivity index (χ3v) is 5.14. The normalized spacial score (nSPS) is 16.0. The summed E-state index contributed by atoms with van der Waals surface area (Å²) in [5.74, 6) is 1.38. The van der Waals surface area contributed by atoms with E-state index < -0.39 is 0 Å². The molecule has 3 rings (SSSR count). The van der Waals surface area contributed by atoms with E-state index in [1.165, 1.54) is 30.5 Å². The predicted octanol–water partition coefficient (Wildman–Crippen LogP) is 3.34. The molecule has 2 aromatic rings. The second kappa shape index (κ2) is 10.1. The maximum atomic E-state index is 13.0. The molecule has 5 nitrogen and oxygen atoms in total. The van der Waals surface area contributed by atoms with Gasteiger partial charge in [0.1, 0.15) is 11.6 Å². The first-order valence-electron chi connectivity index (χ1n) is 9.76. The van der Waals surface area contributed by atoms with Crippen molar-refractivity contribution in [2.75, 3.05) is 33.8 Å². The zero-order valence-corrected chi connectivity index (χ0v) is 16.6. The molecule has 1 atom stereocenters. The summed E-state index contributed by atoms with van der Waals surface area (Å²) in [5, 5.41) is 6.75. The number of halogens is 1. The lowest BCUT2D eigenvalue weighted by molar-refractivity contribution is 0.245. The Morgan fingerprint density at radius 2 is 1.75 bits per heavy atom. The highest BCUT2D eigenvalue weighted by atomic mass is 19.1. The smallest absolute Gasteiger partial charge is 0.191 e. The summed E-state index contributed by atoms with van der Waals surface area (Å²) in [5.41, 5.74) is 2.28. The quantitative estimate of drug-likeness (QED) is 0.568. The van der Waals surface area contributed by atoms with Gasteiger partial charge in [-0.2, -0.15) is 0 Å². The van der Waals surface area contributed by atoms with Crippen molar-refractivity contribution in [3.63, 3.8) is 0 Å². The van der Waals surface area contributed by atoms with Crippen LogP contribution in [0.15, 0.2) is 53.5 Å². The molecule has 0 bridgehead atoms. The van der Waals surface area contributed by atoms with Crippen molar-refractivity contribution < 1.29 is 9.13 Å². The van der Waals surface area contributed by atoms with Crippen LogP contribution in [-0.2, 0) is 6.54 Å². The molecule has 2 N–H and O–H groups in total. The summed E-state index contributed by atoms with van der Waals surface area (Å²) in [6.45, 7) is 3.58. The van der Waals surface area contributed by atoms with E-state index >= 15 is 0 Å². The summed E-state index contributed by atoms with van der Waals surface area (Å²) in [6, 6.07) is 15.1. The molecular formula is C22H29FN4O. The molecule has 28 heavy (non-hydrogen) atoms. The second-order valence-corrected chi connectivity index (χ2v) is 6.97. The highest BCUT2D eigenvalue weighted by Crippen LogP contribution is 2.26. The first kappa shape index (κ1) is 20.1. The number of guanidine groups is 1. The Labute approximate surface area is 166 Å². The number of rotatable bonds is 7. The van der Waals surface area contributed by atoms with Gasteiger partial charge in [0.05, 0.1) is 13.2 Å². The Bertz CT molecular complexity index is 755. The zero-order chi connectivity index (χ0) is 19.8. The predicted molar refractivity (Wildman–Crippen MR) is 111 cm³/mol. The number of aliphatic imine (C=N–C) groups is 1. The molecule has 1 heterocycles. The van der Waals surface area contributed by atoms with Crippen LogP contribution < -0.4 is 15.4 Å². The third-order valence-electron chi connectivity index (χ3n) is 5.14. The van der Waals surface area contributed by atoms with E-state index in [0.717, 1.165) is 36.9 Å². The molecule has 150 valence electrons. The first-order chi connectivity index (χ1) is 13.7.